The molecule has 26 heavy (non-hydrogen) atoms. The van der Waals surface area contributed by atoms with Gasteiger partial charge >= 0.3 is 0 Å². The molecule has 0 bridgehead atoms. The van der Waals surface area contributed by atoms with Gasteiger partial charge in [0, 0.05) is 23.6 Å². The van der Waals surface area contributed by atoms with Gasteiger partial charge in [0.15, 0.2) is 5.16 Å². The Morgan fingerprint density at radius 1 is 1.27 bits per heavy atom. The van der Waals surface area contributed by atoms with E-state index in [2.05, 4.69) is 30.6 Å². The summed E-state index contributed by atoms with van der Waals surface area (Å²) >= 11 is 3.40. The number of hydrogen-bond acceptors (Lipinski definition) is 5. The maximum Gasteiger partial charge on any atom is 0.187 e. The number of halogens is 3. The van der Waals surface area contributed by atoms with E-state index in [9.17, 15) is 13.3 Å². The Labute approximate surface area is 168 Å². The molecule has 0 spiro atoms. The third-order valence-electron chi connectivity index (χ3n) is 3.43. The predicted octanol–water partition coefficient (Wildman–Crippen LogP) is 4.57. The molecule has 2 aromatic rings. The van der Waals surface area contributed by atoms with Crippen LogP contribution in [0.2, 0.25) is 0 Å². The summed E-state index contributed by atoms with van der Waals surface area (Å²) in [5.41, 5.74) is 1.04. The minimum absolute atomic E-state index is 0.222. The van der Waals surface area contributed by atoms with Gasteiger partial charge in [-0.3, -0.25) is 0 Å². The average Bonchev–Trinajstić information content (AvgIpc) is 2.53. The minimum atomic E-state index is -1.39. The number of aromatic nitrogens is 2. The Morgan fingerprint density at radius 2 is 1.88 bits per heavy atom. The Balaban J connectivity index is 2.41. The van der Waals surface area contributed by atoms with Crippen LogP contribution in [0, 0.1) is 11.6 Å². The van der Waals surface area contributed by atoms with Gasteiger partial charge in [-0.15, -0.1) is 4.72 Å². The van der Waals surface area contributed by atoms with E-state index in [0.29, 0.717) is 20.9 Å². The number of nitrogens with one attached hydrogen (secondary N) is 1. The zero-order valence-electron chi connectivity index (χ0n) is 14.8. The standard InChI is InChI=1S/C17H20BrF2N3OS2/c1-17(2,3)26(24)23-14(7-10-5-11(19)8-12(20)6-10)15-13(18)9-21-16(22-15)25-4/h5-6,8-9,14,23H,7H2,1-4H3/t14-,26?/m1/s1. The monoisotopic (exact) mass is 463 g/mol. The second kappa shape index (κ2) is 8.97. The Hall–Kier alpha value is -0.740. The second-order valence-corrected chi connectivity index (χ2v) is 10.2. The van der Waals surface area contributed by atoms with Crippen LogP contribution < -0.4 is 4.72 Å². The van der Waals surface area contributed by atoms with Crippen molar-refractivity contribution in [1.29, 1.82) is 0 Å². The highest BCUT2D eigenvalue weighted by Gasteiger charge is 2.31. The molecule has 0 aliphatic carbocycles. The van der Waals surface area contributed by atoms with Gasteiger partial charge in [0.25, 0.3) is 0 Å². The molecule has 0 saturated carbocycles. The summed E-state index contributed by atoms with van der Waals surface area (Å²) in [5.74, 6) is -1.30. The molecule has 1 heterocycles. The maximum atomic E-state index is 13.6. The average molecular weight is 464 g/mol. The van der Waals surface area contributed by atoms with Crippen molar-refractivity contribution in [2.75, 3.05) is 6.26 Å². The number of rotatable bonds is 6. The van der Waals surface area contributed by atoms with Gasteiger partial charge in [-0.05, 0) is 67.1 Å². The first-order valence-electron chi connectivity index (χ1n) is 7.79. The van der Waals surface area contributed by atoms with Crippen LogP contribution in [0.3, 0.4) is 0 Å². The molecule has 0 saturated heterocycles. The molecule has 2 rings (SSSR count). The van der Waals surface area contributed by atoms with Crippen LogP contribution in [0.25, 0.3) is 0 Å². The van der Waals surface area contributed by atoms with Crippen molar-refractivity contribution in [2.45, 2.75) is 43.1 Å². The Bertz CT molecular complexity index is 754. The largest absolute Gasteiger partial charge is 0.598 e. The smallest absolute Gasteiger partial charge is 0.187 e. The lowest BCUT2D eigenvalue weighted by molar-refractivity contribution is 0.514. The summed E-state index contributed by atoms with van der Waals surface area (Å²) in [7, 11) is 0. The molecule has 1 N–H and O–H groups in total. The summed E-state index contributed by atoms with van der Waals surface area (Å²) in [6.45, 7) is 5.53. The zero-order chi connectivity index (χ0) is 19.5. The molecule has 0 aliphatic rings. The van der Waals surface area contributed by atoms with Crippen molar-refractivity contribution in [3.8, 4) is 0 Å². The van der Waals surface area contributed by atoms with Crippen LogP contribution >= 0.6 is 27.7 Å². The topological polar surface area (TPSA) is 60.9 Å². The molecule has 4 nitrogen and oxygen atoms in total. The van der Waals surface area contributed by atoms with E-state index in [-0.39, 0.29) is 6.42 Å². The first kappa shape index (κ1) is 21.6. The number of hydrogen-bond donors (Lipinski definition) is 1. The molecule has 9 heteroatoms. The molecule has 0 aliphatic heterocycles. The highest BCUT2D eigenvalue weighted by Crippen LogP contribution is 2.28. The van der Waals surface area contributed by atoms with Crippen LogP contribution in [0.4, 0.5) is 8.78 Å². The van der Waals surface area contributed by atoms with Crippen LogP contribution in [-0.2, 0) is 17.8 Å². The number of thioether (sulfide) groups is 1. The van der Waals surface area contributed by atoms with Crippen molar-refractivity contribution in [3.05, 3.63) is 51.8 Å². The lowest BCUT2D eigenvalue weighted by atomic mass is 10.0. The molecular formula is C17H20BrF2N3OS2. The van der Waals surface area contributed by atoms with Crippen molar-refractivity contribution in [2.24, 2.45) is 0 Å². The Kier molecular flexibility index (Phi) is 7.43. The lowest BCUT2D eigenvalue weighted by Gasteiger charge is -2.28. The summed E-state index contributed by atoms with van der Waals surface area (Å²) < 4.78 is 42.9. The highest BCUT2D eigenvalue weighted by molar-refractivity contribution is 9.10. The second-order valence-electron chi connectivity index (χ2n) is 6.62. The predicted molar refractivity (Wildman–Crippen MR) is 105 cm³/mol. The summed E-state index contributed by atoms with van der Waals surface area (Å²) in [6, 6.07) is 2.84. The van der Waals surface area contributed by atoms with Gasteiger partial charge < -0.3 is 4.55 Å². The molecule has 2 atom stereocenters. The van der Waals surface area contributed by atoms with Gasteiger partial charge in [-0.2, -0.15) is 0 Å². The van der Waals surface area contributed by atoms with E-state index in [1.165, 1.54) is 23.9 Å². The minimum Gasteiger partial charge on any atom is -0.598 e. The number of benzene rings is 1. The fraction of sp³-hybridized carbons (Fsp3) is 0.412. The summed E-state index contributed by atoms with van der Waals surface area (Å²) in [4.78, 5) is 8.67. The van der Waals surface area contributed by atoms with E-state index in [1.807, 2.05) is 27.0 Å². The van der Waals surface area contributed by atoms with Gasteiger partial charge in [-0.25, -0.2) is 18.7 Å². The molecule has 0 fully saturated rings. The van der Waals surface area contributed by atoms with Gasteiger partial charge in [0.1, 0.15) is 16.4 Å². The Morgan fingerprint density at radius 3 is 2.42 bits per heavy atom. The quantitative estimate of drug-likeness (QED) is 0.386. The van der Waals surface area contributed by atoms with Crippen molar-refractivity contribution in [1.82, 2.24) is 14.7 Å². The maximum absolute atomic E-state index is 13.6. The molecular weight excluding hydrogens is 444 g/mol. The molecule has 1 aromatic carbocycles. The van der Waals surface area contributed by atoms with E-state index in [1.54, 1.807) is 6.20 Å². The van der Waals surface area contributed by atoms with E-state index in [4.69, 9.17) is 0 Å². The first-order valence-corrected chi connectivity index (χ1v) is 11.0. The van der Waals surface area contributed by atoms with Crippen LogP contribution in [0.5, 0.6) is 0 Å². The molecule has 0 amide bonds. The van der Waals surface area contributed by atoms with E-state index >= 15 is 0 Å². The highest BCUT2D eigenvalue weighted by atomic mass is 79.9. The van der Waals surface area contributed by atoms with Crippen LogP contribution in [-0.4, -0.2) is 25.5 Å². The van der Waals surface area contributed by atoms with Gasteiger partial charge in [0.2, 0.25) is 0 Å². The van der Waals surface area contributed by atoms with E-state index in [0.717, 1.165) is 6.07 Å². The first-order chi connectivity index (χ1) is 12.1. The third kappa shape index (κ3) is 5.88. The fourth-order valence-corrected chi connectivity index (χ4v) is 3.79. The molecule has 142 valence electrons. The molecule has 1 unspecified atom stereocenters. The van der Waals surface area contributed by atoms with E-state index < -0.39 is 33.8 Å². The van der Waals surface area contributed by atoms with Crippen molar-refractivity contribution < 1.29 is 13.3 Å². The SMILES string of the molecule is CSc1ncc(Br)c([C@@H](Cc2cc(F)cc(F)c2)N[S+]([O-])C(C)(C)C)n1. The third-order valence-corrected chi connectivity index (χ3v) is 6.21. The van der Waals surface area contributed by atoms with Crippen molar-refractivity contribution in [3.63, 3.8) is 0 Å². The number of nitrogens with zero attached hydrogens (tertiary/aromatic N) is 2. The summed E-state index contributed by atoms with van der Waals surface area (Å²) in [5, 5.41) is 0.557. The van der Waals surface area contributed by atoms with Gasteiger partial charge in [0.05, 0.1) is 16.2 Å². The van der Waals surface area contributed by atoms with Gasteiger partial charge in [-0.1, -0.05) is 11.8 Å². The zero-order valence-corrected chi connectivity index (χ0v) is 18.1. The normalized spacial score (nSPS) is 14.3. The fourth-order valence-electron chi connectivity index (χ4n) is 2.17. The molecule has 0 radical (unpaired) electrons. The lowest BCUT2D eigenvalue weighted by Crippen LogP contribution is -2.42. The molecule has 1 aromatic heterocycles. The van der Waals surface area contributed by atoms with Crippen molar-refractivity contribution >= 4 is 39.1 Å². The van der Waals surface area contributed by atoms with Crippen LogP contribution in [0.15, 0.2) is 34.0 Å². The van der Waals surface area contributed by atoms with Crippen LogP contribution in [0.1, 0.15) is 38.1 Å². The summed E-state index contributed by atoms with van der Waals surface area (Å²) in [6.07, 6.45) is 3.69.